The van der Waals surface area contributed by atoms with E-state index in [2.05, 4.69) is 122 Å². The number of benzene rings is 2. The molecule has 0 saturated heterocycles. The molecule has 0 spiro atoms. The highest BCUT2D eigenvalue weighted by Gasteiger charge is 2.43. The lowest BCUT2D eigenvalue weighted by atomic mass is 9.81. The summed E-state index contributed by atoms with van der Waals surface area (Å²) in [7, 11) is 0. The van der Waals surface area contributed by atoms with E-state index in [1.54, 1.807) is 0 Å². The van der Waals surface area contributed by atoms with Gasteiger partial charge in [-0.05, 0) is 57.2 Å². The van der Waals surface area contributed by atoms with Gasteiger partial charge in [-0.3, -0.25) is 4.79 Å². The van der Waals surface area contributed by atoms with Crippen molar-refractivity contribution in [3.8, 4) is 0 Å². The summed E-state index contributed by atoms with van der Waals surface area (Å²) < 4.78 is 13.7. The number of halogens is 1. The van der Waals surface area contributed by atoms with Crippen LogP contribution in [0.15, 0.2) is 84.6 Å². The summed E-state index contributed by atoms with van der Waals surface area (Å²) in [5.41, 5.74) is 7.55. The highest BCUT2D eigenvalue weighted by Crippen LogP contribution is 2.43. The quantitative estimate of drug-likeness (QED) is 0.0601. The van der Waals surface area contributed by atoms with Crippen LogP contribution in [0.4, 0.5) is 11.4 Å². The fraction of sp³-hybridized carbons (Fsp3) is 0.512. The summed E-state index contributed by atoms with van der Waals surface area (Å²) in [4.78, 5) is 12.4. The van der Waals surface area contributed by atoms with E-state index in [9.17, 15) is 4.79 Å². The largest absolute Gasteiger partial charge is 0.379 e. The fourth-order valence-corrected chi connectivity index (χ4v) is 6.82. The molecule has 0 aromatic heterocycles. The lowest BCUT2D eigenvalue weighted by Crippen LogP contribution is -2.28. The molecule has 260 valence electrons. The van der Waals surface area contributed by atoms with Gasteiger partial charge < -0.3 is 20.1 Å². The summed E-state index contributed by atoms with van der Waals surface area (Å²) in [6.45, 7) is 13.0. The number of allylic oxidation sites excluding steroid dienone is 6. The van der Waals surface area contributed by atoms with Gasteiger partial charge in [-0.25, -0.2) is 0 Å². The molecule has 0 fully saturated rings. The number of carbonyl (C=O) groups excluding carboxylic acids is 1. The van der Waals surface area contributed by atoms with Gasteiger partial charge in [0, 0.05) is 66.4 Å². The molecular weight excluding hydrogens is 618 g/mol. The molecule has 2 aromatic rings. The van der Waals surface area contributed by atoms with Gasteiger partial charge in [0.05, 0.1) is 25.2 Å². The Bertz CT molecular complexity index is 1460. The number of nitrogens with one attached hydrogen (secondary N) is 2. The van der Waals surface area contributed by atoms with Gasteiger partial charge in [0.2, 0.25) is 11.6 Å². The van der Waals surface area contributed by atoms with E-state index in [4.69, 9.17) is 21.1 Å². The molecule has 0 bridgehead atoms. The zero-order chi connectivity index (χ0) is 34.2. The van der Waals surface area contributed by atoms with Gasteiger partial charge in [-0.2, -0.15) is 4.58 Å². The third kappa shape index (κ3) is 10.4. The topological polar surface area (TPSA) is 62.6 Å². The zero-order valence-electron chi connectivity index (χ0n) is 29.7. The molecule has 2 aromatic carbocycles. The standard InChI is InChI=1S/C41H56ClN3O3/c1-40(2)33-19-12-14-21-35(33)44-37(40)23-9-7-10-24-38-41(3,4)34-20-13-15-22-36(34)45(38)28-17-8-11-25-39(46)43-27-30-48-32-31-47-29-18-6-5-16-26-42/h7,9-10,12-15,19-24H,5-6,8,11,16-18,25-32H2,1-4H3,(H,43,46)/p+1. The minimum Gasteiger partial charge on any atom is -0.379 e. The highest BCUT2D eigenvalue weighted by molar-refractivity contribution is 6.17. The fourth-order valence-electron chi connectivity index (χ4n) is 6.64. The van der Waals surface area contributed by atoms with E-state index >= 15 is 0 Å². The van der Waals surface area contributed by atoms with Crippen molar-refractivity contribution < 1.29 is 18.8 Å². The summed E-state index contributed by atoms with van der Waals surface area (Å²) in [5.74, 6) is 0.832. The third-order valence-electron chi connectivity index (χ3n) is 9.48. The molecule has 1 amide bonds. The first-order chi connectivity index (χ1) is 23.3. The minimum absolute atomic E-state index is 0.0416. The SMILES string of the molecule is CC1(C)C(=C/C=C/C=C/C2=[N+](CCCCCC(=O)NCCOCCOCCCCCCCl)c3ccccc3C2(C)C)Nc2ccccc21. The second-order valence-corrected chi connectivity index (χ2v) is 14.2. The van der Waals surface area contributed by atoms with E-state index in [1.807, 2.05) is 0 Å². The Labute approximate surface area is 294 Å². The van der Waals surface area contributed by atoms with E-state index in [-0.39, 0.29) is 16.7 Å². The van der Waals surface area contributed by atoms with Crippen molar-refractivity contribution in [1.82, 2.24) is 5.32 Å². The summed E-state index contributed by atoms with van der Waals surface area (Å²) in [5, 5.41) is 6.58. The molecule has 0 saturated carbocycles. The molecule has 6 nitrogen and oxygen atoms in total. The number of hydrogen-bond acceptors (Lipinski definition) is 4. The number of amides is 1. The number of alkyl halides is 1. The van der Waals surface area contributed by atoms with Crippen LogP contribution in [0.1, 0.15) is 90.2 Å². The number of fused-ring (bicyclic) bond motifs is 2. The predicted octanol–water partition coefficient (Wildman–Crippen LogP) is 8.97. The Morgan fingerprint density at radius 1 is 0.792 bits per heavy atom. The molecule has 2 heterocycles. The van der Waals surface area contributed by atoms with Gasteiger partial charge in [0.25, 0.3) is 0 Å². The lowest BCUT2D eigenvalue weighted by molar-refractivity contribution is -0.438. The van der Waals surface area contributed by atoms with Crippen LogP contribution in [0.3, 0.4) is 0 Å². The Kier molecular flexibility index (Phi) is 15.0. The molecule has 0 unspecified atom stereocenters. The van der Waals surface area contributed by atoms with Crippen molar-refractivity contribution >= 4 is 34.6 Å². The van der Waals surface area contributed by atoms with Crippen molar-refractivity contribution in [3.05, 3.63) is 95.7 Å². The molecule has 4 rings (SSSR count). The number of nitrogens with zero attached hydrogens (tertiary/aromatic N) is 1. The number of carbonyl (C=O) groups is 1. The second kappa shape index (κ2) is 19.1. The van der Waals surface area contributed by atoms with Crippen molar-refractivity contribution in [1.29, 1.82) is 0 Å². The van der Waals surface area contributed by atoms with E-state index < -0.39 is 0 Å². The number of ether oxygens (including phenoxy) is 2. The van der Waals surface area contributed by atoms with Crippen LogP contribution in [0.2, 0.25) is 0 Å². The maximum absolute atomic E-state index is 12.4. The average molecular weight is 675 g/mol. The third-order valence-corrected chi connectivity index (χ3v) is 9.75. The summed E-state index contributed by atoms with van der Waals surface area (Å²) in [6, 6.07) is 17.3. The number of hydrogen-bond donors (Lipinski definition) is 2. The molecule has 2 aliphatic heterocycles. The number of anilines is 1. The van der Waals surface area contributed by atoms with Crippen LogP contribution in [-0.4, -0.2) is 61.6 Å². The van der Waals surface area contributed by atoms with Crippen LogP contribution in [0.5, 0.6) is 0 Å². The van der Waals surface area contributed by atoms with Crippen LogP contribution in [-0.2, 0) is 25.1 Å². The molecular formula is C41H57ClN3O3+. The van der Waals surface area contributed by atoms with Gasteiger partial charge >= 0.3 is 0 Å². The number of para-hydroxylation sites is 2. The van der Waals surface area contributed by atoms with E-state index in [1.165, 1.54) is 33.9 Å². The first-order valence-corrected chi connectivity index (χ1v) is 18.4. The molecule has 2 aliphatic rings. The smallest absolute Gasteiger partial charge is 0.220 e. The lowest BCUT2D eigenvalue weighted by Gasteiger charge is -2.19. The molecule has 7 heteroatoms. The van der Waals surface area contributed by atoms with Gasteiger partial charge in [0.1, 0.15) is 6.54 Å². The van der Waals surface area contributed by atoms with Crippen molar-refractivity contribution in [2.75, 3.05) is 50.7 Å². The normalized spacial score (nSPS) is 17.0. The Morgan fingerprint density at radius 3 is 2.29 bits per heavy atom. The summed E-state index contributed by atoms with van der Waals surface area (Å²) in [6.07, 6.45) is 18.8. The van der Waals surface area contributed by atoms with Crippen molar-refractivity contribution in [2.45, 2.75) is 89.9 Å². The van der Waals surface area contributed by atoms with E-state index in [0.29, 0.717) is 32.8 Å². The monoisotopic (exact) mass is 674 g/mol. The van der Waals surface area contributed by atoms with Gasteiger partial charge in [0.15, 0.2) is 5.71 Å². The van der Waals surface area contributed by atoms with Crippen LogP contribution < -0.4 is 10.6 Å². The van der Waals surface area contributed by atoms with Crippen molar-refractivity contribution in [2.24, 2.45) is 0 Å². The predicted molar refractivity (Wildman–Crippen MR) is 201 cm³/mol. The van der Waals surface area contributed by atoms with E-state index in [0.717, 1.165) is 64.0 Å². The molecule has 2 N–H and O–H groups in total. The Morgan fingerprint density at radius 2 is 1.50 bits per heavy atom. The Balaban J connectivity index is 1.19. The average Bonchev–Trinajstić information content (AvgIpc) is 3.46. The maximum atomic E-state index is 12.4. The number of rotatable bonds is 21. The molecule has 0 atom stereocenters. The Hall–Kier alpha value is -3.19. The maximum Gasteiger partial charge on any atom is 0.220 e. The molecule has 0 radical (unpaired) electrons. The first-order valence-electron chi connectivity index (χ1n) is 17.9. The zero-order valence-corrected chi connectivity index (χ0v) is 30.4. The number of unbranched alkanes of at least 4 members (excludes halogenated alkanes) is 5. The van der Waals surface area contributed by atoms with Gasteiger partial charge in [-0.1, -0.05) is 81.3 Å². The first kappa shape index (κ1) is 37.6. The van der Waals surface area contributed by atoms with Gasteiger partial charge in [-0.15, -0.1) is 11.6 Å². The second-order valence-electron chi connectivity index (χ2n) is 13.8. The minimum atomic E-state index is -0.0889. The van der Waals surface area contributed by atoms with Crippen LogP contribution >= 0.6 is 11.6 Å². The molecule has 48 heavy (non-hydrogen) atoms. The van der Waals surface area contributed by atoms with Crippen LogP contribution in [0, 0.1) is 0 Å². The summed E-state index contributed by atoms with van der Waals surface area (Å²) >= 11 is 5.69. The highest BCUT2D eigenvalue weighted by atomic mass is 35.5. The van der Waals surface area contributed by atoms with Crippen molar-refractivity contribution in [3.63, 3.8) is 0 Å². The molecule has 0 aliphatic carbocycles. The van der Waals surface area contributed by atoms with Crippen LogP contribution in [0.25, 0.3) is 0 Å².